The predicted molar refractivity (Wildman–Crippen MR) is 82.9 cm³/mol. The van der Waals surface area contributed by atoms with E-state index in [-0.39, 0.29) is 0 Å². The van der Waals surface area contributed by atoms with Crippen molar-refractivity contribution >= 4 is 0 Å². The lowest BCUT2D eigenvalue weighted by molar-refractivity contribution is 0.529. The van der Waals surface area contributed by atoms with Crippen molar-refractivity contribution < 1.29 is 0 Å². The Morgan fingerprint density at radius 1 is 1.35 bits per heavy atom. The van der Waals surface area contributed by atoms with Crippen molar-refractivity contribution in [3.05, 3.63) is 41.2 Å². The van der Waals surface area contributed by atoms with Crippen molar-refractivity contribution in [2.75, 3.05) is 7.05 Å². The molecule has 0 amide bonds. The third-order valence-corrected chi connectivity index (χ3v) is 4.33. The minimum atomic E-state index is 0.408. The Labute approximate surface area is 121 Å². The minimum absolute atomic E-state index is 0.408. The number of benzene rings is 1. The van der Waals surface area contributed by atoms with Crippen LogP contribution in [0.1, 0.15) is 49.2 Å². The van der Waals surface area contributed by atoms with Gasteiger partial charge in [-0.05, 0) is 57.4 Å². The zero-order valence-corrected chi connectivity index (χ0v) is 12.8. The number of nitrogens with one attached hydrogen (secondary N) is 1. The number of rotatable bonds is 3. The van der Waals surface area contributed by atoms with E-state index in [4.69, 9.17) is 0 Å². The van der Waals surface area contributed by atoms with E-state index in [1.54, 1.807) is 0 Å². The van der Waals surface area contributed by atoms with Crippen molar-refractivity contribution in [2.24, 2.45) is 0 Å². The molecule has 1 aliphatic carbocycles. The normalized spacial score (nSPS) is 17.8. The first-order valence-electron chi connectivity index (χ1n) is 7.46. The number of hydrogen-bond donors (Lipinski definition) is 1. The molecule has 0 aliphatic heterocycles. The van der Waals surface area contributed by atoms with E-state index in [9.17, 15) is 0 Å². The van der Waals surface area contributed by atoms with Gasteiger partial charge < -0.3 is 5.32 Å². The van der Waals surface area contributed by atoms with Crippen LogP contribution in [0, 0.1) is 6.92 Å². The van der Waals surface area contributed by atoms with Gasteiger partial charge in [0.25, 0.3) is 0 Å². The molecule has 0 fully saturated rings. The summed E-state index contributed by atoms with van der Waals surface area (Å²) in [7, 11) is 2.05. The Balaban J connectivity index is 2.00. The summed E-state index contributed by atoms with van der Waals surface area (Å²) in [5.74, 6) is 0. The van der Waals surface area contributed by atoms with E-state index in [1.807, 2.05) is 11.7 Å². The zero-order chi connectivity index (χ0) is 14.3. The van der Waals surface area contributed by atoms with Gasteiger partial charge in [-0.2, -0.15) is 5.10 Å². The van der Waals surface area contributed by atoms with Crippen LogP contribution < -0.4 is 5.32 Å². The summed E-state index contributed by atoms with van der Waals surface area (Å²) in [4.78, 5) is 0. The van der Waals surface area contributed by atoms with Crippen molar-refractivity contribution in [1.29, 1.82) is 0 Å². The molecule has 0 bridgehead atoms. The molecule has 20 heavy (non-hydrogen) atoms. The maximum Gasteiger partial charge on any atom is 0.0672 e. The standard InChI is InChI=1S/C17H23N3/c1-11(2)20-10-16(12(3)19-20)14-5-7-15-13(9-14)6-8-17(15)18-4/h5,7,9-11,17-18H,6,8H2,1-4H3. The van der Waals surface area contributed by atoms with Crippen molar-refractivity contribution in [3.63, 3.8) is 0 Å². The molecule has 3 nitrogen and oxygen atoms in total. The molecule has 2 aromatic rings. The van der Waals surface area contributed by atoms with Gasteiger partial charge in [-0.25, -0.2) is 0 Å². The lowest BCUT2D eigenvalue weighted by Gasteiger charge is -2.10. The third kappa shape index (κ3) is 2.16. The van der Waals surface area contributed by atoms with Crippen LogP contribution in [0.5, 0.6) is 0 Å². The Bertz CT molecular complexity index is 625. The highest BCUT2D eigenvalue weighted by molar-refractivity contribution is 5.67. The second-order valence-corrected chi connectivity index (χ2v) is 6.00. The first kappa shape index (κ1) is 13.4. The molecule has 1 unspecified atom stereocenters. The first-order valence-corrected chi connectivity index (χ1v) is 7.46. The molecular weight excluding hydrogens is 246 g/mol. The fourth-order valence-corrected chi connectivity index (χ4v) is 3.11. The second-order valence-electron chi connectivity index (χ2n) is 6.00. The number of hydrogen-bond acceptors (Lipinski definition) is 2. The van der Waals surface area contributed by atoms with Crippen LogP contribution in [0.2, 0.25) is 0 Å². The lowest BCUT2D eigenvalue weighted by atomic mass is 10.0. The highest BCUT2D eigenvalue weighted by atomic mass is 15.3. The predicted octanol–water partition coefficient (Wildman–Crippen LogP) is 3.65. The first-order chi connectivity index (χ1) is 9.60. The van der Waals surface area contributed by atoms with Gasteiger partial charge in [0, 0.05) is 23.8 Å². The molecule has 106 valence electrons. The maximum absolute atomic E-state index is 4.62. The highest BCUT2D eigenvalue weighted by Gasteiger charge is 2.21. The zero-order valence-electron chi connectivity index (χ0n) is 12.8. The van der Waals surface area contributed by atoms with Gasteiger partial charge in [-0.3, -0.25) is 4.68 Å². The number of aromatic nitrogens is 2. The molecule has 0 saturated heterocycles. The minimum Gasteiger partial charge on any atom is -0.313 e. The van der Waals surface area contributed by atoms with Crippen molar-refractivity contribution in [1.82, 2.24) is 15.1 Å². The van der Waals surface area contributed by atoms with Gasteiger partial charge in [-0.1, -0.05) is 18.2 Å². The summed E-state index contributed by atoms with van der Waals surface area (Å²) in [5, 5.41) is 8.01. The molecule has 0 spiro atoms. The number of fused-ring (bicyclic) bond motifs is 1. The monoisotopic (exact) mass is 269 g/mol. The average Bonchev–Trinajstić information content (AvgIpc) is 3.01. The second kappa shape index (κ2) is 5.06. The largest absolute Gasteiger partial charge is 0.313 e. The molecule has 1 aliphatic rings. The molecule has 1 aromatic heterocycles. The molecule has 1 atom stereocenters. The van der Waals surface area contributed by atoms with E-state index < -0.39 is 0 Å². The van der Waals surface area contributed by atoms with E-state index in [2.05, 4.69) is 55.6 Å². The van der Waals surface area contributed by atoms with E-state index >= 15 is 0 Å². The SMILES string of the molecule is CNC1CCc2cc(-c3cn(C(C)C)nc3C)ccc21. The summed E-state index contributed by atoms with van der Waals surface area (Å²) >= 11 is 0. The highest BCUT2D eigenvalue weighted by Crippen LogP contribution is 2.34. The molecule has 1 aromatic carbocycles. The van der Waals surface area contributed by atoms with Crippen LogP contribution in [0.15, 0.2) is 24.4 Å². The van der Waals surface area contributed by atoms with Gasteiger partial charge in [0.1, 0.15) is 0 Å². The van der Waals surface area contributed by atoms with Crippen molar-refractivity contribution in [3.8, 4) is 11.1 Å². The van der Waals surface area contributed by atoms with E-state index in [0.29, 0.717) is 12.1 Å². The third-order valence-electron chi connectivity index (χ3n) is 4.33. The van der Waals surface area contributed by atoms with Crippen LogP contribution in [-0.4, -0.2) is 16.8 Å². The van der Waals surface area contributed by atoms with Gasteiger partial charge in [-0.15, -0.1) is 0 Å². The molecule has 0 radical (unpaired) electrons. The molecule has 1 heterocycles. The molecular formula is C17H23N3. The summed E-state index contributed by atoms with van der Waals surface area (Å²) in [6, 6.07) is 7.80. The number of aryl methyl sites for hydroxylation is 2. The van der Waals surface area contributed by atoms with Gasteiger partial charge in [0.15, 0.2) is 0 Å². The summed E-state index contributed by atoms with van der Waals surface area (Å²) in [6.45, 7) is 6.42. The Morgan fingerprint density at radius 2 is 2.15 bits per heavy atom. The van der Waals surface area contributed by atoms with Crippen LogP contribution in [0.25, 0.3) is 11.1 Å². The van der Waals surface area contributed by atoms with Gasteiger partial charge in [0.2, 0.25) is 0 Å². The molecule has 0 saturated carbocycles. The van der Waals surface area contributed by atoms with Crippen molar-refractivity contribution in [2.45, 2.75) is 45.7 Å². The molecule has 3 heteroatoms. The Kier molecular flexibility index (Phi) is 3.38. The van der Waals surface area contributed by atoms with E-state index in [1.165, 1.54) is 35.1 Å². The smallest absolute Gasteiger partial charge is 0.0672 e. The quantitative estimate of drug-likeness (QED) is 0.922. The average molecular weight is 269 g/mol. The van der Waals surface area contributed by atoms with Gasteiger partial charge in [0.05, 0.1) is 5.69 Å². The molecule has 3 rings (SSSR count). The maximum atomic E-state index is 4.62. The van der Waals surface area contributed by atoms with Gasteiger partial charge >= 0.3 is 0 Å². The summed E-state index contributed by atoms with van der Waals surface area (Å²) in [5.41, 5.74) is 6.62. The molecule has 1 N–H and O–H groups in total. The van der Waals surface area contributed by atoms with Crippen LogP contribution >= 0.6 is 0 Å². The fourth-order valence-electron chi connectivity index (χ4n) is 3.11. The van der Waals surface area contributed by atoms with E-state index in [0.717, 1.165) is 5.69 Å². The summed E-state index contributed by atoms with van der Waals surface area (Å²) in [6.07, 6.45) is 4.55. The number of nitrogens with zero attached hydrogens (tertiary/aromatic N) is 2. The Hall–Kier alpha value is -1.61. The van der Waals surface area contributed by atoms with Crippen LogP contribution in [0.4, 0.5) is 0 Å². The summed E-state index contributed by atoms with van der Waals surface area (Å²) < 4.78 is 2.05. The fraction of sp³-hybridized carbons (Fsp3) is 0.471. The topological polar surface area (TPSA) is 29.9 Å². The van der Waals surface area contributed by atoms with Crippen LogP contribution in [-0.2, 0) is 6.42 Å². The van der Waals surface area contributed by atoms with Crippen LogP contribution in [0.3, 0.4) is 0 Å². The lowest BCUT2D eigenvalue weighted by Crippen LogP contribution is -2.12. The Morgan fingerprint density at radius 3 is 2.80 bits per heavy atom.